The van der Waals surface area contributed by atoms with Crippen molar-refractivity contribution in [3.8, 4) is 5.69 Å². The summed E-state index contributed by atoms with van der Waals surface area (Å²) in [4.78, 5) is 17.9. The van der Waals surface area contributed by atoms with Crippen molar-refractivity contribution >= 4 is 45.3 Å². The van der Waals surface area contributed by atoms with Gasteiger partial charge in [-0.25, -0.2) is 4.98 Å². The minimum Gasteiger partial charge on any atom is -0.268 e. The molecule has 0 aliphatic rings. The third-order valence-electron chi connectivity index (χ3n) is 3.82. The van der Waals surface area contributed by atoms with Gasteiger partial charge in [-0.2, -0.15) is 0 Å². The molecule has 0 spiro atoms. The second-order valence-electron chi connectivity index (χ2n) is 5.73. The van der Waals surface area contributed by atoms with Crippen molar-refractivity contribution in [1.82, 2.24) is 9.55 Å². The highest BCUT2D eigenvalue weighted by Crippen LogP contribution is 2.23. The van der Waals surface area contributed by atoms with Gasteiger partial charge in [0.2, 0.25) is 0 Å². The van der Waals surface area contributed by atoms with Crippen molar-refractivity contribution in [3.63, 3.8) is 0 Å². The van der Waals surface area contributed by atoms with Crippen LogP contribution in [0.15, 0.2) is 52.4 Å². The van der Waals surface area contributed by atoms with Crippen molar-refractivity contribution in [1.29, 1.82) is 0 Å². The van der Waals surface area contributed by atoms with Gasteiger partial charge in [0.15, 0.2) is 5.16 Å². The van der Waals surface area contributed by atoms with E-state index in [9.17, 15) is 4.79 Å². The van der Waals surface area contributed by atoms with Crippen LogP contribution in [0.2, 0.25) is 0 Å². The molecule has 1 heterocycles. The Balaban J connectivity index is 2.22. The summed E-state index contributed by atoms with van der Waals surface area (Å²) in [6.45, 7) is 4.22. The standard InChI is InChI=1S/C19H19IN2OS/c1-3-4-11-24-19-21-17-10-7-14(20)12-16(17)18(23)22(19)15-8-5-13(2)6-9-15/h5-10,12H,3-4,11H2,1-2H3. The average Bonchev–Trinajstić information content (AvgIpc) is 2.57. The van der Waals surface area contributed by atoms with E-state index in [4.69, 9.17) is 4.98 Å². The second-order valence-corrected chi connectivity index (χ2v) is 8.04. The minimum absolute atomic E-state index is 0.00127. The number of nitrogens with zero attached hydrogens (tertiary/aromatic N) is 2. The van der Waals surface area contributed by atoms with Crippen molar-refractivity contribution in [2.75, 3.05) is 5.75 Å². The maximum atomic E-state index is 13.1. The van der Waals surface area contributed by atoms with E-state index >= 15 is 0 Å². The van der Waals surface area contributed by atoms with Gasteiger partial charge in [0.1, 0.15) is 0 Å². The van der Waals surface area contributed by atoms with Gasteiger partial charge in [-0.3, -0.25) is 9.36 Å². The molecule has 3 aromatic rings. The molecule has 0 radical (unpaired) electrons. The first-order valence-electron chi connectivity index (χ1n) is 8.02. The third-order valence-corrected chi connectivity index (χ3v) is 5.52. The molecule has 0 fully saturated rings. The summed E-state index contributed by atoms with van der Waals surface area (Å²) >= 11 is 3.88. The number of aromatic nitrogens is 2. The van der Waals surface area contributed by atoms with Crippen LogP contribution in [0.1, 0.15) is 25.3 Å². The Morgan fingerprint density at radius 1 is 1.17 bits per heavy atom. The van der Waals surface area contributed by atoms with Crippen LogP contribution in [0.3, 0.4) is 0 Å². The first-order valence-corrected chi connectivity index (χ1v) is 10.1. The van der Waals surface area contributed by atoms with Crippen LogP contribution in [0.5, 0.6) is 0 Å². The van der Waals surface area contributed by atoms with E-state index in [1.165, 1.54) is 5.56 Å². The quantitative estimate of drug-likeness (QED) is 0.232. The molecule has 0 saturated heterocycles. The van der Waals surface area contributed by atoms with Crippen LogP contribution in [-0.4, -0.2) is 15.3 Å². The Hall–Kier alpha value is -1.34. The second kappa shape index (κ2) is 7.70. The molecule has 3 nitrogen and oxygen atoms in total. The molecule has 2 aromatic carbocycles. The maximum Gasteiger partial charge on any atom is 0.266 e. The summed E-state index contributed by atoms with van der Waals surface area (Å²) in [5.41, 5.74) is 2.82. The lowest BCUT2D eigenvalue weighted by molar-refractivity contribution is 0.814. The molecule has 0 bridgehead atoms. The number of hydrogen-bond donors (Lipinski definition) is 0. The Morgan fingerprint density at radius 2 is 1.92 bits per heavy atom. The molecule has 0 amide bonds. The Kier molecular flexibility index (Phi) is 5.61. The van der Waals surface area contributed by atoms with Crippen molar-refractivity contribution in [2.24, 2.45) is 0 Å². The van der Waals surface area contributed by atoms with E-state index in [2.05, 4.69) is 29.5 Å². The molecule has 3 rings (SSSR count). The summed E-state index contributed by atoms with van der Waals surface area (Å²) in [6.07, 6.45) is 2.24. The molecule has 0 aliphatic heterocycles. The van der Waals surface area contributed by atoms with Crippen LogP contribution in [-0.2, 0) is 0 Å². The fraction of sp³-hybridized carbons (Fsp3) is 0.263. The van der Waals surface area contributed by atoms with Crippen LogP contribution in [0.25, 0.3) is 16.6 Å². The first-order chi connectivity index (χ1) is 11.6. The first kappa shape index (κ1) is 17.5. The summed E-state index contributed by atoms with van der Waals surface area (Å²) < 4.78 is 2.79. The van der Waals surface area contributed by atoms with Crippen LogP contribution < -0.4 is 5.56 Å². The summed E-state index contributed by atoms with van der Waals surface area (Å²) in [5.74, 6) is 0.963. The van der Waals surface area contributed by atoms with Crippen molar-refractivity contribution in [3.05, 3.63) is 62.0 Å². The Labute approximate surface area is 159 Å². The lowest BCUT2D eigenvalue weighted by atomic mass is 10.2. The van der Waals surface area contributed by atoms with E-state index in [-0.39, 0.29) is 5.56 Å². The zero-order valence-corrected chi connectivity index (χ0v) is 16.7. The smallest absolute Gasteiger partial charge is 0.266 e. The van der Waals surface area contributed by atoms with Gasteiger partial charge in [0.05, 0.1) is 16.6 Å². The lowest BCUT2D eigenvalue weighted by Crippen LogP contribution is -2.22. The van der Waals surface area contributed by atoms with E-state index in [0.717, 1.165) is 38.5 Å². The van der Waals surface area contributed by atoms with Crippen LogP contribution in [0, 0.1) is 10.5 Å². The zero-order valence-electron chi connectivity index (χ0n) is 13.8. The number of unbranched alkanes of at least 4 members (excludes halogenated alkanes) is 1. The van der Waals surface area contributed by atoms with Gasteiger partial charge < -0.3 is 0 Å². The Morgan fingerprint density at radius 3 is 2.62 bits per heavy atom. The topological polar surface area (TPSA) is 34.9 Å². The van der Waals surface area contributed by atoms with Gasteiger partial charge in [-0.15, -0.1) is 0 Å². The van der Waals surface area contributed by atoms with Crippen LogP contribution >= 0.6 is 34.4 Å². The molecule has 0 saturated carbocycles. The molecule has 0 aliphatic carbocycles. The third kappa shape index (κ3) is 3.67. The SMILES string of the molecule is CCCCSc1nc2ccc(I)cc2c(=O)n1-c1ccc(C)cc1. The highest BCUT2D eigenvalue weighted by Gasteiger charge is 2.13. The molecule has 0 atom stereocenters. The van der Waals surface area contributed by atoms with Gasteiger partial charge in [-0.1, -0.05) is 42.8 Å². The van der Waals surface area contributed by atoms with Crippen LogP contribution in [0.4, 0.5) is 0 Å². The largest absolute Gasteiger partial charge is 0.268 e. The minimum atomic E-state index is 0.00127. The molecule has 0 N–H and O–H groups in total. The van der Waals surface area contributed by atoms with Gasteiger partial charge in [0, 0.05) is 9.32 Å². The fourth-order valence-electron chi connectivity index (χ4n) is 2.46. The number of halogens is 1. The fourth-order valence-corrected chi connectivity index (χ4v) is 4.05. The number of thioether (sulfide) groups is 1. The van der Waals surface area contributed by atoms with Crippen molar-refractivity contribution in [2.45, 2.75) is 31.8 Å². The Bertz CT molecular complexity index is 919. The summed E-state index contributed by atoms with van der Waals surface area (Å²) in [7, 11) is 0. The van der Waals surface area contributed by atoms with E-state index in [1.54, 1.807) is 16.3 Å². The van der Waals surface area contributed by atoms with E-state index < -0.39 is 0 Å². The lowest BCUT2D eigenvalue weighted by Gasteiger charge is -2.13. The number of aryl methyl sites for hydroxylation is 1. The van der Waals surface area contributed by atoms with Gasteiger partial charge >= 0.3 is 0 Å². The molecule has 24 heavy (non-hydrogen) atoms. The molecular weight excluding hydrogens is 431 g/mol. The normalized spacial score (nSPS) is 11.1. The molecule has 1 aromatic heterocycles. The molecule has 0 unspecified atom stereocenters. The van der Waals surface area contributed by atoms with E-state index in [0.29, 0.717) is 5.39 Å². The monoisotopic (exact) mass is 450 g/mol. The number of hydrogen-bond acceptors (Lipinski definition) is 3. The summed E-state index contributed by atoms with van der Waals surface area (Å²) in [6, 6.07) is 13.9. The van der Waals surface area contributed by atoms with Gasteiger partial charge in [-0.05, 0) is 66.3 Å². The number of benzene rings is 2. The predicted octanol–water partition coefficient (Wildman–Crippen LogP) is 5.19. The van der Waals surface area contributed by atoms with Crippen molar-refractivity contribution < 1.29 is 0 Å². The highest BCUT2D eigenvalue weighted by atomic mass is 127. The van der Waals surface area contributed by atoms with E-state index in [1.807, 2.05) is 49.4 Å². The number of rotatable bonds is 5. The maximum absolute atomic E-state index is 13.1. The van der Waals surface area contributed by atoms with Gasteiger partial charge in [0.25, 0.3) is 5.56 Å². The predicted molar refractivity (Wildman–Crippen MR) is 110 cm³/mol. The molecular formula is C19H19IN2OS. The summed E-state index contributed by atoms with van der Waals surface area (Å²) in [5, 5.41) is 1.44. The zero-order chi connectivity index (χ0) is 17.1. The highest BCUT2D eigenvalue weighted by molar-refractivity contribution is 14.1. The molecule has 5 heteroatoms. The average molecular weight is 450 g/mol. The molecule has 124 valence electrons. The number of fused-ring (bicyclic) bond motifs is 1.